The van der Waals surface area contributed by atoms with Crippen molar-refractivity contribution in [3.8, 4) is 0 Å². The Morgan fingerprint density at radius 1 is 1.15 bits per heavy atom. The minimum atomic E-state index is -3.78. The lowest BCUT2D eigenvalue weighted by Gasteiger charge is -2.18. The summed E-state index contributed by atoms with van der Waals surface area (Å²) in [5.41, 5.74) is 2.09. The zero-order chi connectivity index (χ0) is 19.5. The second-order valence-electron chi connectivity index (χ2n) is 6.29. The van der Waals surface area contributed by atoms with E-state index in [-0.39, 0.29) is 22.0 Å². The Morgan fingerprint density at radius 2 is 1.77 bits per heavy atom. The molecule has 140 valence electrons. The predicted octanol–water partition coefficient (Wildman–Crippen LogP) is 4.07. The molecule has 0 aliphatic heterocycles. The van der Waals surface area contributed by atoms with Gasteiger partial charge in [-0.1, -0.05) is 49.7 Å². The molecule has 0 heterocycles. The van der Waals surface area contributed by atoms with E-state index >= 15 is 0 Å². The largest absolute Gasteiger partial charge is 0.465 e. The molecule has 0 amide bonds. The lowest BCUT2D eigenvalue weighted by molar-refractivity contribution is 0.0600. The molecule has 2 aromatic rings. The normalized spacial score (nSPS) is 11.8. The van der Waals surface area contributed by atoms with Gasteiger partial charge in [-0.15, -0.1) is 0 Å². The molecule has 0 aliphatic carbocycles. The van der Waals surface area contributed by atoms with Crippen LogP contribution in [0.5, 0.6) is 0 Å². The van der Waals surface area contributed by atoms with E-state index in [1.165, 1.54) is 42.2 Å². The van der Waals surface area contributed by atoms with Gasteiger partial charge in [-0.2, -0.15) is 4.31 Å². The fraction of sp³-hybridized carbons (Fsp3) is 0.316. The van der Waals surface area contributed by atoms with E-state index in [0.717, 1.165) is 5.56 Å². The zero-order valence-corrected chi connectivity index (χ0v) is 16.8. The third-order valence-electron chi connectivity index (χ3n) is 4.10. The molecule has 0 atom stereocenters. The first-order valence-electron chi connectivity index (χ1n) is 8.10. The number of benzene rings is 2. The first-order chi connectivity index (χ1) is 12.2. The maximum atomic E-state index is 12.8. The predicted molar refractivity (Wildman–Crippen MR) is 102 cm³/mol. The molecule has 0 aliphatic rings. The highest BCUT2D eigenvalue weighted by Crippen LogP contribution is 2.24. The van der Waals surface area contributed by atoms with Gasteiger partial charge in [0.1, 0.15) is 0 Å². The number of methoxy groups -OCH3 is 1. The van der Waals surface area contributed by atoms with Crippen molar-refractivity contribution in [1.82, 2.24) is 4.31 Å². The highest BCUT2D eigenvalue weighted by Gasteiger charge is 2.23. The van der Waals surface area contributed by atoms with Gasteiger partial charge >= 0.3 is 5.97 Å². The lowest BCUT2D eigenvalue weighted by Crippen LogP contribution is -2.26. The van der Waals surface area contributed by atoms with Gasteiger partial charge in [-0.3, -0.25) is 0 Å². The Hall–Kier alpha value is -1.89. The van der Waals surface area contributed by atoms with Crippen LogP contribution in [0.15, 0.2) is 47.4 Å². The summed E-state index contributed by atoms with van der Waals surface area (Å²) in [6, 6.07) is 11.8. The Balaban J connectivity index is 2.27. The van der Waals surface area contributed by atoms with Crippen molar-refractivity contribution in [3.05, 3.63) is 64.2 Å². The number of halogens is 1. The van der Waals surface area contributed by atoms with Gasteiger partial charge < -0.3 is 4.74 Å². The zero-order valence-electron chi connectivity index (χ0n) is 15.2. The van der Waals surface area contributed by atoms with Crippen LogP contribution in [0.1, 0.15) is 41.3 Å². The first kappa shape index (κ1) is 20.4. The molecule has 0 spiro atoms. The molecule has 0 radical (unpaired) electrons. The third kappa shape index (κ3) is 4.44. The van der Waals surface area contributed by atoms with E-state index in [9.17, 15) is 13.2 Å². The van der Waals surface area contributed by atoms with E-state index in [1.807, 2.05) is 24.3 Å². The maximum absolute atomic E-state index is 12.8. The van der Waals surface area contributed by atoms with Crippen LogP contribution < -0.4 is 0 Å². The molecular weight excluding hydrogens is 374 g/mol. The molecule has 0 saturated heterocycles. The number of esters is 1. The van der Waals surface area contributed by atoms with Crippen LogP contribution in [0.4, 0.5) is 0 Å². The average molecular weight is 396 g/mol. The number of hydrogen-bond acceptors (Lipinski definition) is 4. The fourth-order valence-corrected chi connectivity index (χ4v) is 3.84. The van der Waals surface area contributed by atoms with Gasteiger partial charge in [0.2, 0.25) is 10.0 Å². The number of sulfonamides is 1. The Labute approximate surface area is 159 Å². The van der Waals surface area contributed by atoms with Crippen molar-refractivity contribution in [2.24, 2.45) is 0 Å². The summed E-state index contributed by atoms with van der Waals surface area (Å²) in [6.07, 6.45) is 0. The minimum Gasteiger partial charge on any atom is -0.465 e. The van der Waals surface area contributed by atoms with E-state index in [4.69, 9.17) is 11.6 Å². The molecular formula is C19H22ClNO4S. The molecule has 0 unspecified atom stereocenters. The number of rotatable bonds is 6. The van der Waals surface area contributed by atoms with Crippen LogP contribution >= 0.6 is 11.6 Å². The van der Waals surface area contributed by atoms with Gasteiger partial charge in [-0.25, -0.2) is 13.2 Å². The van der Waals surface area contributed by atoms with Crippen LogP contribution in [0.25, 0.3) is 0 Å². The molecule has 0 saturated carbocycles. The molecule has 0 N–H and O–H groups in total. The van der Waals surface area contributed by atoms with Crippen molar-refractivity contribution < 1.29 is 17.9 Å². The summed E-state index contributed by atoms with van der Waals surface area (Å²) < 4.78 is 31.5. The Morgan fingerprint density at radius 3 is 2.31 bits per heavy atom. The maximum Gasteiger partial charge on any atom is 0.339 e. The Bertz CT molecular complexity index is 892. The molecule has 0 aromatic heterocycles. The number of carbonyl (C=O) groups excluding carboxylic acids is 1. The van der Waals surface area contributed by atoms with Gasteiger partial charge in [0.15, 0.2) is 0 Å². The highest BCUT2D eigenvalue weighted by atomic mass is 35.5. The molecule has 26 heavy (non-hydrogen) atoms. The van der Waals surface area contributed by atoms with E-state index in [0.29, 0.717) is 5.92 Å². The average Bonchev–Trinajstić information content (AvgIpc) is 2.61. The Kier molecular flexibility index (Phi) is 6.44. The summed E-state index contributed by atoms with van der Waals surface area (Å²) in [5.74, 6) is -0.268. The van der Waals surface area contributed by atoms with Gasteiger partial charge in [0.05, 0.1) is 22.6 Å². The molecule has 0 fully saturated rings. The molecule has 2 aromatic carbocycles. The van der Waals surface area contributed by atoms with E-state index < -0.39 is 16.0 Å². The first-order valence-corrected chi connectivity index (χ1v) is 9.91. The second kappa shape index (κ2) is 8.20. The fourth-order valence-electron chi connectivity index (χ4n) is 2.46. The second-order valence-corrected chi connectivity index (χ2v) is 8.74. The monoisotopic (exact) mass is 395 g/mol. The summed E-state index contributed by atoms with van der Waals surface area (Å²) >= 11 is 5.96. The van der Waals surface area contributed by atoms with Gasteiger partial charge in [0.25, 0.3) is 0 Å². The number of nitrogens with zero attached hydrogens (tertiary/aromatic N) is 1. The quantitative estimate of drug-likeness (QED) is 0.691. The molecule has 0 bridgehead atoms. The summed E-state index contributed by atoms with van der Waals surface area (Å²) in [4.78, 5) is 11.7. The lowest BCUT2D eigenvalue weighted by atomic mass is 10.0. The minimum absolute atomic E-state index is 0.0106. The van der Waals surface area contributed by atoms with Crippen LogP contribution in [0.2, 0.25) is 5.02 Å². The third-order valence-corrected chi connectivity index (χ3v) is 6.23. The van der Waals surface area contributed by atoms with E-state index in [1.54, 1.807) is 0 Å². The molecule has 5 nitrogen and oxygen atoms in total. The summed E-state index contributed by atoms with van der Waals surface area (Å²) in [7, 11) is -1.06. The molecule has 7 heteroatoms. The van der Waals surface area contributed by atoms with Crippen LogP contribution in [0.3, 0.4) is 0 Å². The smallest absolute Gasteiger partial charge is 0.339 e. The van der Waals surface area contributed by atoms with Crippen LogP contribution in [-0.4, -0.2) is 32.8 Å². The summed E-state index contributed by atoms with van der Waals surface area (Å²) in [5, 5.41) is 0.141. The van der Waals surface area contributed by atoms with Crippen molar-refractivity contribution in [2.45, 2.75) is 31.2 Å². The van der Waals surface area contributed by atoms with Crippen molar-refractivity contribution >= 4 is 27.6 Å². The van der Waals surface area contributed by atoms with Crippen molar-refractivity contribution in [2.75, 3.05) is 14.2 Å². The van der Waals surface area contributed by atoms with Crippen LogP contribution in [0, 0.1) is 0 Å². The number of carbonyl (C=O) groups is 1. The van der Waals surface area contributed by atoms with Gasteiger partial charge in [-0.05, 0) is 35.2 Å². The summed E-state index contributed by atoms with van der Waals surface area (Å²) in [6.45, 7) is 4.42. The highest BCUT2D eigenvalue weighted by molar-refractivity contribution is 7.89. The van der Waals surface area contributed by atoms with E-state index in [2.05, 4.69) is 18.6 Å². The SMILES string of the molecule is COC(=O)c1cc(S(=O)(=O)N(C)Cc2ccc(C(C)C)cc2)ccc1Cl. The van der Waals surface area contributed by atoms with Gasteiger partial charge in [0, 0.05) is 13.6 Å². The standard InChI is InChI=1S/C19H22ClNO4S/c1-13(2)15-7-5-14(6-8-15)12-21(3)26(23,24)16-9-10-18(20)17(11-16)19(22)25-4/h5-11,13H,12H2,1-4H3. The topological polar surface area (TPSA) is 63.7 Å². The number of ether oxygens (including phenoxy) is 1. The number of hydrogen-bond donors (Lipinski definition) is 0. The molecule has 2 rings (SSSR count). The van der Waals surface area contributed by atoms with Crippen LogP contribution in [-0.2, 0) is 21.3 Å². The van der Waals surface area contributed by atoms with Crippen molar-refractivity contribution in [1.29, 1.82) is 0 Å². The van der Waals surface area contributed by atoms with Crippen molar-refractivity contribution in [3.63, 3.8) is 0 Å².